The number of nitrogens with zero attached hydrogens (tertiary/aromatic N) is 5. The van der Waals surface area contributed by atoms with E-state index in [1.54, 1.807) is 12.4 Å². The quantitative estimate of drug-likeness (QED) is 0.854. The lowest BCUT2D eigenvalue weighted by Gasteiger charge is -2.22. The van der Waals surface area contributed by atoms with Gasteiger partial charge in [0.1, 0.15) is 5.82 Å². The van der Waals surface area contributed by atoms with Crippen molar-refractivity contribution in [1.82, 2.24) is 24.8 Å². The van der Waals surface area contributed by atoms with Crippen molar-refractivity contribution >= 4 is 0 Å². The number of ether oxygens (including phenoxy) is 1. The second-order valence-corrected chi connectivity index (χ2v) is 6.14. The van der Waals surface area contributed by atoms with Crippen LogP contribution in [0.1, 0.15) is 22.9 Å². The van der Waals surface area contributed by atoms with E-state index in [1.165, 1.54) is 0 Å². The smallest absolute Gasteiger partial charge is 0.129 e. The first-order valence-electron chi connectivity index (χ1n) is 8.05. The van der Waals surface area contributed by atoms with Gasteiger partial charge < -0.3 is 4.74 Å². The summed E-state index contributed by atoms with van der Waals surface area (Å²) in [6.07, 6.45) is 6.12. The summed E-state index contributed by atoms with van der Waals surface area (Å²) in [5, 5.41) is 0. The first-order chi connectivity index (χ1) is 11.2. The zero-order valence-corrected chi connectivity index (χ0v) is 13.8. The Bertz CT molecular complexity index is 614. The number of rotatable bonds is 4. The minimum absolute atomic E-state index is 0.398. The lowest BCUT2D eigenvalue weighted by molar-refractivity contribution is 0.121. The first-order valence-corrected chi connectivity index (χ1v) is 8.05. The van der Waals surface area contributed by atoms with Crippen molar-refractivity contribution < 1.29 is 4.74 Å². The van der Waals surface area contributed by atoms with Gasteiger partial charge in [-0.25, -0.2) is 9.97 Å². The van der Waals surface area contributed by atoms with Crippen LogP contribution in [-0.2, 0) is 17.7 Å². The molecule has 2 aromatic heterocycles. The Hall–Kier alpha value is -1.92. The number of aryl methyl sites for hydroxylation is 2. The summed E-state index contributed by atoms with van der Waals surface area (Å²) in [5.41, 5.74) is 3.05. The van der Waals surface area contributed by atoms with E-state index >= 15 is 0 Å². The highest BCUT2D eigenvalue weighted by Gasteiger charge is 2.20. The molecule has 0 bridgehead atoms. The molecule has 0 radical (unpaired) electrons. The average Bonchev–Trinajstić information content (AvgIpc) is 2.72. The van der Waals surface area contributed by atoms with E-state index in [2.05, 4.69) is 24.8 Å². The van der Waals surface area contributed by atoms with Gasteiger partial charge in [-0.05, 0) is 19.9 Å². The van der Waals surface area contributed by atoms with Gasteiger partial charge in [-0.1, -0.05) is 0 Å². The van der Waals surface area contributed by atoms with Crippen molar-refractivity contribution in [3.63, 3.8) is 0 Å². The van der Waals surface area contributed by atoms with Gasteiger partial charge in [-0.3, -0.25) is 14.9 Å². The number of hydrogen-bond acceptors (Lipinski definition) is 6. The van der Waals surface area contributed by atoms with E-state index < -0.39 is 0 Å². The topological polar surface area (TPSA) is 64.0 Å². The van der Waals surface area contributed by atoms with E-state index in [9.17, 15) is 0 Å². The molecule has 23 heavy (non-hydrogen) atoms. The maximum atomic E-state index is 5.77. The Morgan fingerprint density at radius 1 is 1.22 bits per heavy atom. The molecule has 3 heterocycles. The van der Waals surface area contributed by atoms with Crippen LogP contribution < -0.4 is 0 Å². The monoisotopic (exact) mass is 313 g/mol. The van der Waals surface area contributed by atoms with Crippen LogP contribution in [0.5, 0.6) is 0 Å². The average molecular weight is 313 g/mol. The Labute approximate surface area is 137 Å². The zero-order chi connectivity index (χ0) is 16.1. The van der Waals surface area contributed by atoms with Crippen molar-refractivity contribution in [1.29, 1.82) is 0 Å². The molecule has 1 unspecified atom stereocenters. The van der Waals surface area contributed by atoms with Crippen LogP contribution in [0.4, 0.5) is 0 Å². The van der Waals surface area contributed by atoms with Gasteiger partial charge in [-0.15, -0.1) is 0 Å². The normalized spacial score (nSPS) is 19.5. The predicted octanol–water partition coefficient (Wildman–Crippen LogP) is 1.57. The van der Waals surface area contributed by atoms with E-state index in [-0.39, 0.29) is 0 Å². The zero-order valence-electron chi connectivity index (χ0n) is 13.8. The summed E-state index contributed by atoms with van der Waals surface area (Å²) in [6, 6.07) is 2.01. The Morgan fingerprint density at radius 3 is 2.78 bits per heavy atom. The Morgan fingerprint density at radius 2 is 2.04 bits per heavy atom. The standard InChI is InChI=1S/C17H23N5O/c1-13-7-14(2)21-17(20-13)8-15-10-22(5-6-23-12-15)11-16-9-18-3-4-19-16/h3-4,7,9,15H,5-6,8,10-12H2,1-2H3. The van der Waals surface area contributed by atoms with Crippen LogP contribution in [0, 0.1) is 19.8 Å². The summed E-state index contributed by atoms with van der Waals surface area (Å²) in [5.74, 6) is 1.31. The highest BCUT2D eigenvalue weighted by Crippen LogP contribution is 2.14. The molecule has 1 saturated heterocycles. The van der Waals surface area contributed by atoms with Crippen LogP contribution in [0.2, 0.25) is 0 Å². The fourth-order valence-electron chi connectivity index (χ4n) is 3.01. The number of hydrogen-bond donors (Lipinski definition) is 0. The summed E-state index contributed by atoms with van der Waals surface area (Å²) in [6.45, 7) is 8.23. The molecule has 6 heteroatoms. The molecule has 0 N–H and O–H groups in total. The van der Waals surface area contributed by atoms with Crippen molar-refractivity contribution in [2.24, 2.45) is 5.92 Å². The Balaban J connectivity index is 1.65. The molecule has 0 spiro atoms. The maximum absolute atomic E-state index is 5.77. The molecule has 1 atom stereocenters. The largest absolute Gasteiger partial charge is 0.380 e. The van der Waals surface area contributed by atoms with Gasteiger partial charge in [0.05, 0.1) is 18.9 Å². The van der Waals surface area contributed by atoms with Crippen LogP contribution >= 0.6 is 0 Å². The van der Waals surface area contributed by atoms with Crippen molar-refractivity contribution in [3.8, 4) is 0 Å². The lowest BCUT2D eigenvalue weighted by atomic mass is 10.1. The van der Waals surface area contributed by atoms with Crippen molar-refractivity contribution in [2.45, 2.75) is 26.8 Å². The molecular weight excluding hydrogens is 290 g/mol. The molecule has 1 aliphatic rings. The summed E-state index contributed by atoms with van der Waals surface area (Å²) in [4.78, 5) is 20.0. The molecule has 3 rings (SSSR count). The van der Waals surface area contributed by atoms with Crippen LogP contribution in [0.3, 0.4) is 0 Å². The minimum atomic E-state index is 0.398. The van der Waals surface area contributed by atoms with E-state index in [0.29, 0.717) is 5.92 Å². The molecule has 2 aromatic rings. The molecule has 0 saturated carbocycles. The van der Waals surface area contributed by atoms with Crippen molar-refractivity contribution in [2.75, 3.05) is 26.3 Å². The lowest BCUT2D eigenvalue weighted by Crippen LogP contribution is -2.31. The molecule has 1 aliphatic heterocycles. The van der Waals surface area contributed by atoms with E-state index in [4.69, 9.17) is 4.74 Å². The fourth-order valence-corrected chi connectivity index (χ4v) is 3.01. The third kappa shape index (κ3) is 4.77. The Kier molecular flexibility index (Phi) is 5.25. The summed E-state index contributed by atoms with van der Waals surface area (Å²) in [7, 11) is 0. The summed E-state index contributed by atoms with van der Waals surface area (Å²) < 4.78 is 5.77. The van der Waals surface area contributed by atoms with Gasteiger partial charge in [0.25, 0.3) is 0 Å². The summed E-state index contributed by atoms with van der Waals surface area (Å²) >= 11 is 0. The molecule has 6 nitrogen and oxygen atoms in total. The highest BCUT2D eigenvalue weighted by atomic mass is 16.5. The molecule has 0 aliphatic carbocycles. The van der Waals surface area contributed by atoms with Crippen LogP contribution in [-0.4, -0.2) is 51.1 Å². The molecule has 0 aromatic carbocycles. The highest BCUT2D eigenvalue weighted by molar-refractivity contribution is 5.08. The van der Waals surface area contributed by atoms with Crippen LogP contribution in [0.25, 0.3) is 0 Å². The molecular formula is C17H23N5O. The fraction of sp³-hybridized carbons (Fsp3) is 0.529. The predicted molar refractivity (Wildman–Crippen MR) is 86.8 cm³/mol. The third-order valence-corrected chi connectivity index (χ3v) is 3.92. The second kappa shape index (κ2) is 7.57. The molecule has 0 amide bonds. The van der Waals surface area contributed by atoms with E-state index in [1.807, 2.05) is 26.1 Å². The van der Waals surface area contributed by atoms with Gasteiger partial charge in [0.15, 0.2) is 0 Å². The first kappa shape index (κ1) is 16.0. The van der Waals surface area contributed by atoms with E-state index in [0.717, 1.165) is 62.2 Å². The van der Waals surface area contributed by atoms with Gasteiger partial charge >= 0.3 is 0 Å². The molecule has 122 valence electrons. The SMILES string of the molecule is Cc1cc(C)nc(CC2COCCN(Cc3cnccn3)C2)n1. The maximum Gasteiger partial charge on any atom is 0.129 e. The van der Waals surface area contributed by atoms with Gasteiger partial charge in [0.2, 0.25) is 0 Å². The minimum Gasteiger partial charge on any atom is -0.380 e. The molecule has 1 fully saturated rings. The second-order valence-electron chi connectivity index (χ2n) is 6.14. The number of aromatic nitrogens is 4. The van der Waals surface area contributed by atoms with Gasteiger partial charge in [0, 0.05) is 62.0 Å². The van der Waals surface area contributed by atoms with Gasteiger partial charge in [-0.2, -0.15) is 0 Å². The third-order valence-electron chi connectivity index (χ3n) is 3.92. The van der Waals surface area contributed by atoms with Crippen molar-refractivity contribution in [3.05, 3.63) is 47.6 Å². The van der Waals surface area contributed by atoms with Crippen LogP contribution in [0.15, 0.2) is 24.7 Å².